The van der Waals surface area contributed by atoms with Crippen molar-refractivity contribution in [2.75, 3.05) is 6.54 Å². The van der Waals surface area contributed by atoms with Gasteiger partial charge < -0.3 is 11.1 Å². The van der Waals surface area contributed by atoms with Gasteiger partial charge in [0.25, 0.3) is 0 Å². The second-order valence-corrected chi connectivity index (χ2v) is 8.33. The Hall–Kier alpha value is -0.340. The summed E-state index contributed by atoms with van der Waals surface area (Å²) in [4.78, 5) is 0. The first-order valence-corrected chi connectivity index (χ1v) is 8.34. The van der Waals surface area contributed by atoms with Crippen molar-refractivity contribution in [2.45, 2.75) is 50.6 Å². The molecular formula is C17H26N2. The Morgan fingerprint density at radius 3 is 2.95 bits per heavy atom. The first-order chi connectivity index (χ1) is 9.16. The van der Waals surface area contributed by atoms with Crippen molar-refractivity contribution in [3.8, 4) is 0 Å². The fraction of sp³-hybridized carbons (Fsp3) is 0.882. The van der Waals surface area contributed by atoms with E-state index in [2.05, 4.69) is 24.4 Å². The molecule has 4 fully saturated rings. The van der Waals surface area contributed by atoms with E-state index in [0.717, 1.165) is 29.6 Å². The van der Waals surface area contributed by atoms with Gasteiger partial charge in [0.2, 0.25) is 0 Å². The van der Waals surface area contributed by atoms with E-state index in [9.17, 15) is 0 Å². The summed E-state index contributed by atoms with van der Waals surface area (Å²) in [6.07, 6.45) is 12.0. The Kier molecular flexibility index (Phi) is 1.96. The van der Waals surface area contributed by atoms with Crippen molar-refractivity contribution < 1.29 is 0 Å². The Morgan fingerprint density at radius 2 is 2.16 bits per heavy atom. The number of hydrogen-bond donors (Lipinski definition) is 2. The van der Waals surface area contributed by atoms with E-state index in [1.807, 2.05) is 0 Å². The summed E-state index contributed by atoms with van der Waals surface area (Å²) in [7, 11) is 0. The van der Waals surface area contributed by atoms with E-state index in [1.54, 1.807) is 0 Å². The summed E-state index contributed by atoms with van der Waals surface area (Å²) < 4.78 is 0. The van der Waals surface area contributed by atoms with Crippen LogP contribution >= 0.6 is 0 Å². The van der Waals surface area contributed by atoms with E-state index in [0.29, 0.717) is 17.0 Å². The first-order valence-electron chi connectivity index (χ1n) is 8.34. The lowest BCUT2D eigenvalue weighted by Crippen LogP contribution is -2.44. The molecule has 1 saturated heterocycles. The van der Waals surface area contributed by atoms with E-state index in [-0.39, 0.29) is 0 Å². The maximum absolute atomic E-state index is 6.89. The lowest BCUT2D eigenvalue weighted by molar-refractivity contribution is 0.117. The first kappa shape index (κ1) is 11.3. The summed E-state index contributed by atoms with van der Waals surface area (Å²) in [6, 6.07) is 0.465. The van der Waals surface area contributed by atoms with Crippen LogP contribution in [0, 0.1) is 35.0 Å². The van der Waals surface area contributed by atoms with E-state index in [4.69, 9.17) is 5.73 Å². The minimum Gasteiger partial charge on any atom is -0.327 e. The van der Waals surface area contributed by atoms with Crippen molar-refractivity contribution in [3.63, 3.8) is 0 Å². The number of hydrogen-bond acceptors (Lipinski definition) is 2. The minimum atomic E-state index is 0.465. The van der Waals surface area contributed by atoms with Gasteiger partial charge >= 0.3 is 0 Å². The van der Waals surface area contributed by atoms with Crippen molar-refractivity contribution in [2.24, 2.45) is 40.7 Å². The number of allylic oxidation sites excluding steroid dienone is 2. The van der Waals surface area contributed by atoms with Crippen LogP contribution < -0.4 is 11.1 Å². The molecule has 0 radical (unpaired) electrons. The van der Waals surface area contributed by atoms with Crippen LogP contribution in [0.4, 0.5) is 0 Å². The largest absolute Gasteiger partial charge is 0.327 e. The number of nitrogens with one attached hydrogen (secondary N) is 1. The maximum Gasteiger partial charge on any atom is 0.0341 e. The van der Waals surface area contributed by atoms with Gasteiger partial charge in [0.1, 0.15) is 0 Å². The highest BCUT2D eigenvalue weighted by molar-refractivity contribution is 5.28. The van der Waals surface area contributed by atoms with E-state index >= 15 is 0 Å². The molecule has 5 aliphatic rings. The summed E-state index contributed by atoms with van der Waals surface area (Å²) in [5, 5.41) is 3.73. The number of rotatable bonds is 0. The molecule has 0 aromatic heterocycles. The second-order valence-electron chi connectivity index (χ2n) is 8.33. The molecule has 5 rings (SSSR count). The fourth-order valence-electron chi connectivity index (χ4n) is 6.89. The molecule has 3 saturated carbocycles. The molecule has 0 aromatic rings. The molecule has 2 heteroatoms. The number of nitrogens with two attached hydrogens (primary N) is 1. The molecule has 0 aromatic carbocycles. The molecule has 1 aliphatic heterocycles. The lowest BCUT2D eigenvalue weighted by Gasteiger charge is -2.39. The molecule has 4 aliphatic carbocycles. The predicted octanol–water partition coefficient (Wildman–Crippen LogP) is 2.30. The minimum absolute atomic E-state index is 0.465. The molecular weight excluding hydrogens is 232 g/mol. The molecule has 3 N–H and O–H groups in total. The molecule has 8 unspecified atom stereocenters. The molecule has 104 valence electrons. The van der Waals surface area contributed by atoms with Gasteiger partial charge in [-0.3, -0.25) is 0 Å². The van der Waals surface area contributed by atoms with E-state index < -0.39 is 0 Å². The van der Waals surface area contributed by atoms with Crippen LogP contribution in [-0.4, -0.2) is 18.1 Å². The smallest absolute Gasteiger partial charge is 0.0341 e. The van der Waals surface area contributed by atoms with Crippen molar-refractivity contribution in [1.29, 1.82) is 0 Å². The van der Waals surface area contributed by atoms with Crippen LogP contribution in [0.2, 0.25) is 0 Å². The topological polar surface area (TPSA) is 48.0 Å². The Balaban J connectivity index is 1.61. The third-order valence-electron chi connectivity index (χ3n) is 7.76. The third-order valence-corrected chi connectivity index (χ3v) is 7.76. The van der Waals surface area contributed by atoms with Crippen LogP contribution in [0.1, 0.15) is 39.0 Å². The zero-order valence-corrected chi connectivity index (χ0v) is 11.9. The highest BCUT2D eigenvalue weighted by atomic mass is 15.2. The summed E-state index contributed by atoms with van der Waals surface area (Å²) >= 11 is 0. The summed E-state index contributed by atoms with van der Waals surface area (Å²) in [5.41, 5.74) is 7.92. The third kappa shape index (κ3) is 1.18. The standard InChI is InChI=1S/C17H26N2/c1-10-3-2-4-12-13-6-5-11-7-16(13,15(18)14(10)12)8-17(11)9-19-17/h2,4,10-15,19H,3,5-9,18H2,1H3. The van der Waals surface area contributed by atoms with Gasteiger partial charge in [-0.05, 0) is 67.1 Å². The van der Waals surface area contributed by atoms with Gasteiger partial charge in [-0.2, -0.15) is 0 Å². The molecule has 2 spiro atoms. The van der Waals surface area contributed by atoms with Crippen molar-refractivity contribution in [1.82, 2.24) is 5.32 Å². The van der Waals surface area contributed by atoms with Crippen LogP contribution in [0.25, 0.3) is 0 Å². The molecule has 1 heterocycles. The van der Waals surface area contributed by atoms with Crippen LogP contribution in [0.5, 0.6) is 0 Å². The quantitative estimate of drug-likeness (QED) is 0.517. The van der Waals surface area contributed by atoms with Gasteiger partial charge in [0.05, 0.1) is 0 Å². The molecule has 0 amide bonds. The van der Waals surface area contributed by atoms with Crippen LogP contribution in [0.15, 0.2) is 12.2 Å². The summed E-state index contributed by atoms with van der Waals surface area (Å²) in [6.45, 7) is 3.71. The Morgan fingerprint density at radius 1 is 1.32 bits per heavy atom. The van der Waals surface area contributed by atoms with Crippen LogP contribution in [-0.2, 0) is 0 Å². The lowest BCUT2D eigenvalue weighted by atomic mass is 9.66. The van der Waals surface area contributed by atoms with Crippen LogP contribution in [0.3, 0.4) is 0 Å². The van der Waals surface area contributed by atoms with Gasteiger partial charge in [-0.1, -0.05) is 19.1 Å². The van der Waals surface area contributed by atoms with Gasteiger partial charge in [0.15, 0.2) is 0 Å². The molecule has 8 atom stereocenters. The van der Waals surface area contributed by atoms with Gasteiger partial charge in [-0.15, -0.1) is 0 Å². The fourth-order valence-corrected chi connectivity index (χ4v) is 6.89. The molecule has 2 bridgehead atoms. The maximum atomic E-state index is 6.89. The average molecular weight is 258 g/mol. The normalized spacial score (nSPS) is 65.2. The van der Waals surface area contributed by atoms with Crippen molar-refractivity contribution >= 4 is 0 Å². The highest BCUT2D eigenvalue weighted by Gasteiger charge is 2.71. The highest BCUT2D eigenvalue weighted by Crippen LogP contribution is 2.70. The predicted molar refractivity (Wildman–Crippen MR) is 76.5 cm³/mol. The molecule has 19 heavy (non-hydrogen) atoms. The van der Waals surface area contributed by atoms with Crippen molar-refractivity contribution in [3.05, 3.63) is 12.2 Å². The Labute approximate surface area is 116 Å². The van der Waals surface area contributed by atoms with Gasteiger partial charge in [0, 0.05) is 18.1 Å². The average Bonchev–Trinajstić information content (AvgIpc) is 3.06. The summed E-state index contributed by atoms with van der Waals surface area (Å²) in [5.74, 6) is 4.20. The van der Waals surface area contributed by atoms with Gasteiger partial charge in [-0.25, -0.2) is 0 Å². The zero-order valence-electron chi connectivity index (χ0n) is 11.9. The number of fused-ring (bicyclic) bond motifs is 4. The SMILES string of the molecule is CC1CC=CC2C1C(N)C13CC(CCC21)C1(CN1)C3. The zero-order chi connectivity index (χ0) is 12.8. The second kappa shape index (κ2) is 3.28. The monoisotopic (exact) mass is 258 g/mol. The Bertz CT molecular complexity index is 452. The molecule has 2 nitrogen and oxygen atoms in total. The van der Waals surface area contributed by atoms with E-state index in [1.165, 1.54) is 38.6 Å².